The first kappa shape index (κ1) is 11.7. The third-order valence-corrected chi connectivity index (χ3v) is 4.04. The van der Waals surface area contributed by atoms with Crippen molar-refractivity contribution >= 4 is 33.0 Å². The fourth-order valence-corrected chi connectivity index (χ4v) is 2.97. The minimum Gasteiger partial charge on any atom is -0.427 e. The highest BCUT2D eigenvalue weighted by atomic mass is 35.5. The Morgan fingerprint density at radius 3 is 2.94 bits per heavy atom. The monoisotopic (exact) mass is 256 g/mol. The maximum atomic E-state index is 11.7. The molecule has 0 unspecified atom stereocenters. The molecule has 4 heteroatoms. The van der Waals surface area contributed by atoms with Crippen LogP contribution < -0.4 is 5.63 Å². The summed E-state index contributed by atoms with van der Waals surface area (Å²) in [5, 5.41) is 0.604. The Bertz CT molecular complexity index is 568. The normalized spacial score (nSPS) is 11.2. The number of thiophene rings is 1. The molecule has 0 amide bonds. The first-order valence-electron chi connectivity index (χ1n) is 5.35. The van der Waals surface area contributed by atoms with Gasteiger partial charge in [-0.15, -0.1) is 11.3 Å². The third kappa shape index (κ3) is 2.02. The zero-order chi connectivity index (χ0) is 11.7. The van der Waals surface area contributed by atoms with E-state index >= 15 is 0 Å². The molecule has 0 fully saturated rings. The fourth-order valence-electron chi connectivity index (χ4n) is 1.74. The van der Waals surface area contributed by atoms with Crippen molar-refractivity contribution in [1.82, 2.24) is 0 Å². The number of hydrogen-bond acceptors (Lipinski definition) is 3. The van der Waals surface area contributed by atoms with Gasteiger partial charge in [0.15, 0.2) is 0 Å². The summed E-state index contributed by atoms with van der Waals surface area (Å²) in [6, 6.07) is 1.68. The molecule has 0 spiro atoms. The number of halogens is 1. The van der Waals surface area contributed by atoms with Crippen molar-refractivity contribution in [2.45, 2.75) is 33.1 Å². The van der Waals surface area contributed by atoms with Crippen molar-refractivity contribution < 1.29 is 4.42 Å². The molecular formula is C12H13ClO2S. The Hall–Kier alpha value is -0.800. The molecule has 0 atom stereocenters. The smallest absolute Gasteiger partial charge is 0.344 e. The maximum absolute atomic E-state index is 11.7. The number of aryl methyl sites for hydroxylation is 2. The minimum atomic E-state index is -0.269. The summed E-state index contributed by atoms with van der Waals surface area (Å²) < 4.78 is 6.93. The molecule has 0 N–H and O–H groups in total. The molecule has 0 aromatic carbocycles. The standard InChI is InChI=1S/C12H13ClO2S/c1-3-4-5-9-7(2)11-8(12(14)15-9)6-10(13)16-11/h6H,3-5H2,1-2H3. The van der Waals surface area contributed by atoms with Crippen LogP contribution in [0.15, 0.2) is 15.3 Å². The molecule has 2 aromatic heterocycles. The van der Waals surface area contributed by atoms with Gasteiger partial charge in [0.05, 0.1) is 9.72 Å². The first-order chi connectivity index (χ1) is 7.63. The van der Waals surface area contributed by atoms with E-state index in [2.05, 4.69) is 6.92 Å². The van der Waals surface area contributed by atoms with Crippen molar-refractivity contribution in [3.05, 3.63) is 32.1 Å². The van der Waals surface area contributed by atoms with Gasteiger partial charge in [-0.3, -0.25) is 0 Å². The summed E-state index contributed by atoms with van der Waals surface area (Å²) in [6.45, 7) is 4.11. The predicted molar refractivity (Wildman–Crippen MR) is 68.7 cm³/mol. The summed E-state index contributed by atoms with van der Waals surface area (Å²) in [5.41, 5.74) is 0.787. The molecule has 2 nitrogen and oxygen atoms in total. The van der Waals surface area contributed by atoms with Crippen LogP contribution in [0, 0.1) is 6.92 Å². The second-order valence-electron chi connectivity index (χ2n) is 3.83. The van der Waals surface area contributed by atoms with Crippen LogP contribution in [0.4, 0.5) is 0 Å². The lowest BCUT2D eigenvalue weighted by Gasteiger charge is -2.03. The molecule has 0 aliphatic rings. The lowest BCUT2D eigenvalue weighted by atomic mass is 10.1. The van der Waals surface area contributed by atoms with Gasteiger partial charge in [0.1, 0.15) is 5.76 Å². The quantitative estimate of drug-likeness (QED) is 0.826. The highest BCUT2D eigenvalue weighted by molar-refractivity contribution is 7.22. The van der Waals surface area contributed by atoms with E-state index in [0.717, 1.165) is 35.3 Å². The molecule has 2 heterocycles. The van der Waals surface area contributed by atoms with Gasteiger partial charge in [0, 0.05) is 16.7 Å². The molecule has 86 valence electrons. The summed E-state index contributed by atoms with van der Waals surface area (Å²) in [4.78, 5) is 11.7. The zero-order valence-electron chi connectivity index (χ0n) is 9.30. The average molecular weight is 257 g/mol. The van der Waals surface area contributed by atoms with E-state index in [0.29, 0.717) is 9.72 Å². The van der Waals surface area contributed by atoms with Crippen LogP contribution in [-0.4, -0.2) is 0 Å². The lowest BCUT2D eigenvalue weighted by molar-refractivity contribution is 0.456. The highest BCUT2D eigenvalue weighted by Crippen LogP contribution is 2.31. The van der Waals surface area contributed by atoms with Gasteiger partial charge < -0.3 is 4.42 Å². The van der Waals surface area contributed by atoms with Crippen molar-refractivity contribution in [1.29, 1.82) is 0 Å². The Morgan fingerprint density at radius 1 is 1.50 bits per heavy atom. The van der Waals surface area contributed by atoms with Crippen molar-refractivity contribution in [2.24, 2.45) is 0 Å². The van der Waals surface area contributed by atoms with Crippen molar-refractivity contribution in [3.8, 4) is 0 Å². The Balaban J connectivity index is 2.60. The van der Waals surface area contributed by atoms with Gasteiger partial charge in [-0.1, -0.05) is 24.9 Å². The summed E-state index contributed by atoms with van der Waals surface area (Å²) >= 11 is 7.37. The molecule has 16 heavy (non-hydrogen) atoms. The maximum Gasteiger partial charge on any atom is 0.344 e. The number of hydrogen-bond donors (Lipinski definition) is 0. The largest absolute Gasteiger partial charge is 0.427 e. The van der Waals surface area contributed by atoms with Gasteiger partial charge in [0.2, 0.25) is 0 Å². The molecule has 0 radical (unpaired) electrons. The summed E-state index contributed by atoms with van der Waals surface area (Å²) in [5.74, 6) is 0.804. The van der Waals surface area contributed by atoms with Gasteiger partial charge in [-0.05, 0) is 19.4 Å². The van der Waals surface area contributed by atoms with Crippen LogP contribution in [0.5, 0.6) is 0 Å². The van der Waals surface area contributed by atoms with Crippen LogP contribution in [0.3, 0.4) is 0 Å². The van der Waals surface area contributed by atoms with E-state index < -0.39 is 0 Å². The lowest BCUT2D eigenvalue weighted by Crippen LogP contribution is -2.03. The van der Waals surface area contributed by atoms with Crippen LogP contribution in [0.1, 0.15) is 31.1 Å². The minimum absolute atomic E-state index is 0.269. The predicted octanol–water partition coefficient (Wildman–Crippen LogP) is 4.16. The Kier molecular flexibility index (Phi) is 3.36. The van der Waals surface area contributed by atoms with Crippen LogP contribution in [0.25, 0.3) is 10.1 Å². The molecule has 0 saturated carbocycles. The summed E-state index contributed by atoms with van der Waals surface area (Å²) in [7, 11) is 0. The molecule has 0 aliphatic carbocycles. The Labute approximate surface area is 103 Å². The van der Waals surface area contributed by atoms with E-state index in [1.165, 1.54) is 11.3 Å². The fraction of sp³-hybridized carbons (Fsp3) is 0.417. The second kappa shape index (κ2) is 4.60. The molecule has 2 rings (SSSR count). The van der Waals surface area contributed by atoms with E-state index in [4.69, 9.17) is 16.0 Å². The zero-order valence-corrected chi connectivity index (χ0v) is 10.9. The van der Waals surface area contributed by atoms with Crippen LogP contribution in [0.2, 0.25) is 4.34 Å². The third-order valence-electron chi connectivity index (χ3n) is 2.65. The molecule has 0 saturated heterocycles. The second-order valence-corrected chi connectivity index (χ2v) is 5.52. The average Bonchev–Trinajstić information content (AvgIpc) is 2.64. The molecule has 0 bridgehead atoms. The van der Waals surface area contributed by atoms with E-state index in [1.54, 1.807) is 6.07 Å². The van der Waals surface area contributed by atoms with Crippen molar-refractivity contribution in [2.75, 3.05) is 0 Å². The topological polar surface area (TPSA) is 30.2 Å². The van der Waals surface area contributed by atoms with E-state index in [9.17, 15) is 4.79 Å². The van der Waals surface area contributed by atoms with Gasteiger partial charge in [0.25, 0.3) is 0 Å². The Morgan fingerprint density at radius 2 is 2.25 bits per heavy atom. The molecule has 0 aliphatic heterocycles. The number of fused-ring (bicyclic) bond motifs is 1. The van der Waals surface area contributed by atoms with Gasteiger partial charge in [-0.2, -0.15) is 0 Å². The van der Waals surface area contributed by atoms with Crippen LogP contribution >= 0.6 is 22.9 Å². The first-order valence-corrected chi connectivity index (χ1v) is 6.54. The van der Waals surface area contributed by atoms with Gasteiger partial charge in [-0.25, -0.2) is 4.79 Å². The van der Waals surface area contributed by atoms with E-state index in [1.807, 2.05) is 6.92 Å². The van der Waals surface area contributed by atoms with Gasteiger partial charge >= 0.3 is 5.63 Å². The summed E-state index contributed by atoms with van der Waals surface area (Å²) in [6.07, 6.45) is 2.95. The van der Waals surface area contributed by atoms with Crippen LogP contribution in [-0.2, 0) is 6.42 Å². The van der Waals surface area contributed by atoms with Crippen molar-refractivity contribution in [3.63, 3.8) is 0 Å². The molecular weight excluding hydrogens is 244 g/mol. The SMILES string of the molecule is CCCCc1oc(=O)c2cc(Cl)sc2c1C. The van der Waals surface area contributed by atoms with E-state index in [-0.39, 0.29) is 5.63 Å². The number of rotatable bonds is 3. The molecule has 2 aromatic rings. The highest BCUT2D eigenvalue weighted by Gasteiger charge is 2.12. The number of unbranched alkanes of at least 4 members (excludes halogenated alkanes) is 1.